The maximum absolute atomic E-state index is 3.53. The van der Waals surface area contributed by atoms with Crippen LogP contribution in [0.2, 0.25) is 13.3 Å². The normalized spacial score (nSPS) is 10.0. The van der Waals surface area contributed by atoms with Crippen molar-refractivity contribution in [3.05, 3.63) is 0 Å². The van der Waals surface area contributed by atoms with Gasteiger partial charge in [-0.3, -0.25) is 0 Å². The fourth-order valence-electron chi connectivity index (χ4n) is 1.66. The molecular formula is C13H31SSn. The Bertz CT molecular complexity index is 77.5. The average Bonchev–Trinajstić information content (AvgIpc) is 2.31. The van der Waals surface area contributed by atoms with Crippen molar-refractivity contribution >= 4 is 32.4 Å². The molecule has 0 heterocycles. The predicted octanol–water partition coefficient (Wildman–Crippen LogP) is 5.43. The number of hydrogen-bond donors (Lipinski definition) is 1. The van der Waals surface area contributed by atoms with E-state index in [1.54, 1.807) is 19.6 Å². The van der Waals surface area contributed by atoms with E-state index in [0.717, 1.165) is 0 Å². The van der Waals surface area contributed by atoms with Crippen molar-refractivity contribution in [2.45, 2.75) is 72.6 Å². The van der Waals surface area contributed by atoms with Gasteiger partial charge >= 0.3 is 92.4 Å². The molecule has 0 spiro atoms. The molecule has 0 nitrogen and oxygen atoms in total. The summed E-state index contributed by atoms with van der Waals surface area (Å²) in [6.45, 7) is 7.00. The van der Waals surface area contributed by atoms with E-state index in [1.165, 1.54) is 38.5 Å². The van der Waals surface area contributed by atoms with Crippen LogP contribution in [0, 0.1) is 0 Å². The smallest absolute Gasteiger partial charge is 0.0215 e. The Hall–Kier alpha value is 1.15. The molecule has 1 radical (unpaired) electrons. The van der Waals surface area contributed by atoms with Crippen LogP contribution in [0.1, 0.15) is 59.3 Å². The summed E-state index contributed by atoms with van der Waals surface area (Å²) in [6.07, 6.45) is 10.5. The van der Waals surface area contributed by atoms with Crippen LogP contribution in [-0.2, 0) is 0 Å². The van der Waals surface area contributed by atoms with Gasteiger partial charge in [-0.1, -0.05) is 0 Å². The van der Waals surface area contributed by atoms with E-state index in [2.05, 4.69) is 33.4 Å². The number of rotatable bonds is 9. The largest absolute Gasteiger partial charge is 0.183 e. The predicted molar refractivity (Wildman–Crippen MR) is 79.8 cm³/mol. The van der Waals surface area contributed by atoms with Crippen LogP contribution in [0.5, 0.6) is 0 Å². The Morgan fingerprint density at radius 2 is 0.933 bits per heavy atom. The van der Waals surface area contributed by atoms with Gasteiger partial charge in [0, 0.05) is 0 Å². The van der Waals surface area contributed by atoms with Crippen LogP contribution < -0.4 is 0 Å². The Balaban J connectivity index is 0. The molecule has 0 unspecified atom stereocenters. The summed E-state index contributed by atoms with van der Waals surface area (Å²) in [4.78, 5) is 0. The average molecular weight is 338 g/mol. The van der Waals surface area contributed by atoms with Gasteiger partial charge in [-0.25, -0.2) is 0 Å². The maximum atomic E-state index is 3.53. The van der Waals surface area contributed by atoms with E-state index in [0.29, 0.717) is 0 Å². The first-order valence-electron chi connectivity index (χ1n) is 6.63. The van der Waals surface area contributed by atoms with Crippen molar-refractivity contribution in [3.63, 3.8) is 0 Å². The summed E-state index contributed by atoms with van der Waals surface area (Å²) in [7, 11) is 0. The molecule has 0 aliphatic rings. The van der Waals surface area contributed by atoms with Crippen molar-refractivity contribution in [2.24, 2.45) is 0 Å². The zero-order valence-electron chi connectivity index (χ0n) is 11.3. The topological polar surface area (TPSA) is 0 Å². The standard InChI is InChI=1S/3C4H9.CH4S.Sn/c3*1-3-4-2;1-2;/h3*1,3-4H2,2H3;2H,1H3;. The molecule has 0 fully saturated rings. The summed E-state index contributed by atoms with van der Waals surface area (Å²) in [5.41, 5.74) is 0. The molecule has 0 aromatic carbocycles. The van der Waals surface area contributed by atoms with Gasteiger partial charge in [0.15, 0.2) is 0 Å². The quantitative estimate of drug-likeness (QED) is 0.421. The van der Waals surface area contributed by atoms with Crippen molar-refractivity contribution in [3.8, 4) is 0 Å². The summed E-state index contributed by atoms with van der Waals surface area (Å²) < 4.78 is 5.04. The minimum absolute atomic E-state index is 0.839. The molecule has 0 aliphatic carbocycles. The molecule has 0 aromatic heterocycles. The third-order valence-corrected chi connectivity index (χ3v) is 11.7. The Kier molecular flexibility index (Phi) is 21.6. The zero-order valence-corrected chi connectivity index (χ0v) is 15.1. The van der Waals surface area contributed by atoms with E-state index in [-0.39, 0.29) is 0 Å². The summed E-state index contributed by atoms with van der Waals surface area (Å²) in [5.74, 6) is 0. The number of hydrogen-bond acceptors (Lipinski definition) is 1. The molecule has 2 heteroatoms. The van der Waals surface area contributed by atoms with Gasteiger partial charge in [-0.15, -0.1) is 0 Å². The van der Waals surface area contributed by atoms with Gasteiger partial charge < -0.3 is 0 Å². The molecule has 93 valence electrons. The summed E-state index contributed by atoms with van der Waals surface area (Å²) >= 11 is 2.69. The van der Waals surface area contributed by atoms with E-state index in [1.807, 2.05) is 0 Å². The molecule has 0 rings (SSSR count). The molecule has 0 atom stereocenters. The molecular weight excluding hydrogens is 307 g/mol. The monoisotopic (exact) mass is 339 g/mol. The van der Waals surface area contributed by atoms with Crippen molar-refractivity contribution in [1.29, 1.82) is 0 Å². The van der Waals surface area contributed by atoms with Crippen molar-refractivity contribution in [2.75, 3.05) is 6.26 Å². The second-order valence-corrected chi connectivity index (χ2v) is 12.6. The molecule has 0 saturated carbocycles. The zero-order chi connectivity index (χ0) is 11.9. The summed E-state index contributed by atoms with van der Waals surface area (Å²) in [5, 5.41) is 0. The van der Waals surface area contributed by atoms with Crippen LogP contribution in [-0.4, -0.2) is 26.0 Å². The van der Waals surface area contributed by atoms with Gasteiger partial charge in [0.1, 0.15) is 0 Å². The second-order valence-electron chi connectivity index (χ2n) is 4.06. The van der Waals surface area contributed by atoms with Gasteiger partial charge in [-0.05, 0) is 6.26 Å². The minimum atomic E-state index is -0.839. The van der Waals surface area contributed by atoms with Crippen molar-refractivity contribution in [1.82, 2.24) is 0 Å². The van der Waals surface area contributed by atoms with Crippen molar-refractivity contribution < 1.29 is 0 Å². The van der Waals surface area contributed by atoms with Crippen LogP contribution in [0.4, 0.5) is 0 Å². The fourth-order valence-corrected chi connectivity index (χ4v) is 11.1. The first-order chi connectivity index (χ1) is 7.35. The SMILES string of the molecule is CCC[CH2][Sn]([CH2]CCC)[CH2]CCC.CS. The first kappa shape index (κ1) is 18.5. The molecule has 0 saturated heterocycles. The molecule has 15 heavy (non-hydrogen) atoms. The van der Waals surface area contributed by atoms with Crippen LogP contribution >= 0.6 is 12.6 Å². The molecule has 0 aromatic rings. The van der Waals surface area contributed by atoms with Gasteiger partial charge in [-0.2, -0.15) is 12.6 Å². The summed E-state index contributed by atoms with van der Waals surface area (Å²) in [6, 6.07) is 0. The van der Waals surface area contributed by atoms with Gasteiger partial charge in [0.2, 0.25) is 0 Å². The first-order valence-corrected chi connectivity index (χ1v) is 13.6. The van der Waals surface area contributed by atoms with Crippen LogP contribution in [0.3, 0.4) is 0 Å². The van der Waals surface area contributed by atoms with Gasteiger partial charge in [0.05, 0.1) is 0 Å². The van der Waals surface area contributed by atoms with E-state index in [9.17, 15) is 0 Å². The van der Waals surface area contributed by atoms with E-state index < -0.39 is 19.8 Å². The minimum Gasteiger partial charge on any atom is -0.183 e. The molecule has 0 bridgehead atoms. The maximum Gasteiger partial charge on any atom is -0.0215 e. The van der Waals surface area contributed by atoms with Crippen LogP contribution in [0.25, 0.3) is 0 Å². The Morgan fingerprint density at radius 3 is 1.13 bits per heavy atom. The molecule has 0 N–H and O–H groups in total. The number of unbranched alkanes of at least 4 members (excludes halogenated alkanes) is 3. The van der Waals surface area contributed by atoms with Crippen LogP contribution in [0.15, 0.2) is 0 Å². The van der Waals surface area contributed by atoms with E-state index >= 15 is 0 Å². The van der Waals surface area contributed by atoms with Gasteiger partial charge in [0.25, 0.3) is 0 Å². The fraction of sp³-hybridized carbons (Fsp3) is 1.00. The third kappa shape index (κ3) is 15.1. The molecule has 0 amide bonds. The Morgan fingerprint density at radius 1 is 0.667 bits per heavy atom. The third-order valence-electron chi connectivity index (χ3n) is 2.65. The number of thiol groups is 1. The Labute approximate surface area is 111 Å². The van der Waals surface area contributed by atoms with E-state index in [4.69, 9.17) is 0 Å². The second kappa shape index (κ2) is 17.5. The molecule has 0 aliphatic heterocycles.